The maximum absolute atomic E-state index is 12.6. The van der Waals surface area contributed by atoms with Crippen molar-refractivity contribution in [2.45, 2.75) is 65.1 Å². The summed E-state index contributed by atoms with van der Waals surface area (Å²) in [6.07, 6.45) is 6.83. The SMILES string of the molecule is CC(C)(C)[C@H](c1nc(-c2ccccc2)cn1Cc1ccccc1)N(CCCNC(=O)c1ccccc1)C1CCC1. The summed E-state index contributed by atoms with van der Waals surface area (Å²) < 4.78 is 2.37. The number of nitrogens with one attached hydrogen (secondary N) is 1. The van der Waals surface area contributed by atoms with E-state index in [2.05, 4.69) is 102 Å². The predicted octanol–water partition coefficient (Wildman–Crippen LogP) is 7.36. The van der Waals surface area contributed by atoms with Gasteiger partial charge in [0.2, 0.25) is 0 Å². The monoisotopic (exact) mass is 534 g/mol. The lowest BCUT2D eigenvalue weighted by Crippen LogP contribution is -2.48. The number of hydrogen-bond donors (Lipinski definition) is 1. The van der Waals surface area contributed by atoms with Crippen LogP contribution in [0.5, 0.6) is 0 Å². The van der Waals surface area contributed by atoms with Crippen LogP contribution in [0.3, 0.4) is 0 Å². The molecule has 1 saturated carbocycles. The normalized spacial score (nSPS) is 14.6. The van der Waals surface area contributed by atoms with E-state index in [4.69, 9.17) is 4.98 Å². The fourth-order valence-electron chi connectivity index (χ4n) is 5.73. The number of benzene rings is 3. The molecule has 0 aliphatic heterocycles. The number of nitrogens with zero attached hydrogens (tertiary/aromatic N) is 3. The average Bonchev–Trinajstić information content (AvgIpc) is 3.33. The highest BCUT2D eigenvalue weighted by Gasteiger charge is 2.40. The summed E-state index contributed by atoms with van der Waals surface area (Å²) in [4.78, 5) is 20.7. The number of imidazole rings is 1. The molecule has 4 aromatic rings. The van der Waals surface area contributed by atoms with Crippen LogP contribution < -0.4 is 5.32 Å². The van der Waals surface area contributed by atoms with Crippen molar-refractivity contribution >= 4 is 5.91 Å². The van der Waals surface area contributed by atoms with E-state index in [1.54, 1.807) is 0 Å². The van der Waals surface area contributed by atoms with E-state index in [0.29, 0.717) is 18.2 Å². The Morgan fingerprint density at radius 1 is 0.950 bits per heavy atom. The third kappa shape index (κ3) is 6.71. The van der Waals surface area contributed by atoms with Gasteiger partial charge in [0.1, 0.15) is 5.82 Å². The Labute approximate surface area is 239 Å². The van der Waals surface area contributed by atoms with Crippen LogP contribution in [-0.2, 0) is 6.54 Å². The van der Waals surface area contributed by atoms with Crippen LogP contribution in [0, 0.1) is 5.41 Å². The summed E-state index contributed by atoms with van der Waals surface area (Å²) in [5.41, 5.74) is 4.11. The average molecular weight is 535 g/mol. The van der Waals surface area contributed by atoms with Crippen LogP contribution >= 0.6 is 0 Å². The van der Waals surface area contributed by atoms with Crippen molar-refractivity contribution < 1.29 is 4.79 Å². The number of rotatable bonds is 11. The highest BCUT2D eigenvalue weighted by atomic mass is 16.1. The Balaban J connectivity index is 1.43. The summed E-state index contributed by atoms with van der Waals surface area (Å²) in [7, 11) is 0. The molecule has 1 atom stereocenters. The number of amides is 1. The second-order valence-electron chi connectivity index (χ2n) is 12.0. The molecule has 3 aromatic carbocycles. The molecule has 0 bridgehead atoms. The zero-order valence-electron chi connectivity index (χ0n) is 24.1. The summed E-state index contributed by atoms with van der Waals surface area (Å²) in [5, 5.41) is 3.13. The first-order valence-corrected chi connectivity index (χ1v) is 14.7. The molecule has 5 heteroatoms. The van der Waals surface area contributed by atoms with Crippen LogP contribution in [0.25, 0.3) is 11.3 Å². The molecular formula is C35H42N4O. The van der Waals surface area contributed by atoms with Gasteiger partial charge in [-0.05, 0) is 42.4 Å². The third-order valence-corrected chi connectivity index (χ3v) is 7.93. The minimum atomic E-state index is -0.0311. The van der Waals surface area contributed by atoms with E-state index in [0.717, 1.165) is 36.6 Å². The van der Waals surface area contributed by atoms with E-state index < -0.39 is 0 Å². The fourth-order valence-corrected chi connectivity index (χ4v) is 5.73. The molecule has 0 unspecified atom stereocenters. The van der Waals surface area contributed by atoms with Crippen LogP contribution in [0.2, 0.25) is 0 Å². The zero-order valence-corrected chi connectivity index (χ0v) is 24.1. The van der Waals surface area contributed by atoms with Gasteiger partial charge in [0.25, 0.3) is 5.91 Å². The first-order chi connectivity index (χ1) is 19.4. The lowest BCUT2D eigenvalue weighted by atomic mass is 9.81. The Bertz CT molecular complexity index is 1360. The van der Waals surface area contributed by atoms with Crippen molar-refractivity contribution in [3.63, 3.8) is 0 Å². The lowest BCUT2D eigenvalue weighted by Gasteiger charge is -2.47. The van der Waals surface area contributed by atoms with E-state index >= 15 is 0 Å². The molecule has 1 aliphatic rings. The molecule has 5 rings (SSSR count). The molecule has 0 saturated heterocycles. The Kier molecular flexibility index (Phi) is 8.81. The molecule has 1 aliphatic carbocycles. The number of carbonyl (C=O) groups is 1. The van der Waals surface area contributed by atoms with Gasteiger partial charge in [0.05, 0.1) is 11.7 Å². The van der Waals surface area contributed by atoms with Gasteiger partial charge >= 0.3 is 0 Å². The van der Waals surface area contributed by atoms with E-state index in [1.165, 1.54) is 24.8 Å². The fraction of sp³-hybridized carbons (Fsp3) is 0.371. The summed E-state index contributed by atoms with van der Waals surface area (Å²) in [5.74, 6) is 1.12. The summed E-state index contributed by atoms with van der Waals surface area (Å²) >= 11 is 0. The van der Waals surface area contributed by atoms with Crippen LogP contribution in [-0.4, -0.2) is 39.5 Å². The maximum Gasteiger partial charge on any atom is 0.251 e. The van der Waals surface area contributed by atoms with Crippen molar-refractivity contribution in [1.82, 2.24) is 19.8 Å². The second kappa shape index (κ2) is 12.6. The third-order valence-electron chi connectivity index (χ3n) is 7.93. The Hall–Kier alpha value is -3.70. The molecule has 1 amide bonds. The summed E-state index contributed by atoms with van der Waals surface area (Å²) in [6, 6.07) is 31.3. The lowest BCUT2D eigenvalue weighted by molar-refractivity contribution is 0.0157. The van der Waals surface area contributed by atoms with Crippen molar-refractivity contribution in [3.05, 3.63) is 114 Å². The van der Waals surface area contributed by atoms with Gasteiger partial charge in [0, 0.05) is 43.0 Å². The second-order valence-corrected chi connectivity index (χ2v) is 12.0. The van der Waals surface area contributed by atoms with Crippen molar-refractivity contribution in [3.8, 4) is 11.3 Å². The number of carbonyl (C=O) groups excluding carboxylic acids is 1. The van der Waals surface area contributed by atoms with Crippen LogP contribution in [0.15, 0.2) is 97.2 Å². The number of aromatic nitrogens is 2. The van der Waals surface area contributed by atoms with Crippen LogP contribution in [0.4, 0.5) is 0 Å². The van der Waals surface area contributed by atoms with Crippen molar-refractivity contribution in [2.75, 3.05) is 13.1 Å². The van der Waals surface area contributed by atoms with Gasteiger partial charge < -0.3 is 9.88 Å². The predicted molar refractivity (Wildman–Crippen MR) is 163 cm³/mol. The van der Waals surface area contributed by atoms with Gasteiger partial charge in [-0.15, -0.1) is 0 Å². The molecule has 1 aromatic heterocycles. The quantitative estimate of drug-likeness (QED) is 0.205. The molecule has 1 N–H and O–H groups in total. The van der Waals surface area contributed by atoms with Gasteiger partial charge in [-0.1, -0.05) is 106 Å². The highest BCUT2D eigenvalue weighted by Crippen LogP contribution is 2.43. The van der Waals surface area contributed by atoms with Crippen molar-refractivity contribution in [1.29, 1.82) is 0 Å². The van der Waals surface area contributed by atoms with Crippen molar-refractivity contribution in [2.24, 2.45) is 5.41 Å². The van der Waals surface area contributed by atoms with Gasteiger partial charge in [-0.3, -0.25) is 9.69 Å². The topological polar surface area (TPSA) is 50.2 Å². The minimum absolute atomic E-state index is 0.00549. The molecule has 0 radical (unpaired) electrons. The number of hydrogen-bond acceptors (Lipinski definition) is 3. The molecule has 208 valence electrons. The standard InChI is InChI=1S/C35H42N4O/c1-35(2,3)32(39(30-21-13-22-30)24-14-23-36-34(40)29-19-11-6-12-20-29)33-37-31(28-17-9-5-10-18-28)26-38(33)25-27-15-7-4-8-16-27/h4-12,15-20,26,30,32H,13-14,21-25H2,1-3H3,(H,36,40)/t32-/m0/s1. The molecule has 5 nitrogen and oxygen atoms in total. The molecule has 1 heterocycles. The smallest absolute Gasteiger partial charge is 0.251 e. The maximum atomic E-state index is 12.6. The van der Waals surface area contributed by atoms with E-state index in [-0.39, 0.29) is 17.4 Å². The highest BCUT2D eigenvalue weighted by molar-refractivity contribution is 5.94. The van der Waals surface area contributed by atoms with E-state index in [9.17, 15) is 4.79 Å². The van der Waals surface area contributed by atoms with Gasteiger partial charge in [-0.25, -0.2) is 4.98 Å². The zero-order chi connectivity index (χ0) is 28.0. The minimum Gasteiger partial charge on any atom is -0.352 e. The Morgan fingerprint density at radius 2 is 1.57 bits per heavy atom. The van der Waals surface area contributed by atoms with Gasteiger partial charge in [-0.2, -0.15) is 0 Å². The Morgan fingerprint density at radius 3 is 2.17 bits per heavy atom. The molecule has 40 heavy (non-hydrogen) atoms. The molecular weight excluding hydrogens is 492 g/mol. The van der Waals surface area contributed by atoms with Crippen LogP contribution in [0.1, 0.15) is 74.2 Å². The largest absolute Gasteiger partial charge is 0.352 e. The summed E-state index contributed by atoms with van der Waals surface area (Å²) in [6.45, 7) is 9.37. The first-order valence-electron chi connectivity index (χ1n) is 14.7. The van der Waals surface area contributed by atoms with E-state index in [1.807, 2.05) is 30.3 Å². The first kappa shape index (κ1) is 27.9. The molecule has 0 spiro atoms. The molecule has 1 fully saturated rings. The van der Waals surface area contributed by atoms with Gasteiger partial charge in [0.15, 0.2) is 0 Å².